The molecule has 0 saturated carbocycles. The van der Waals surface area contributed by atoms with E-state index in [1.165, 1.54) is 0 Å². The van der Waals surface area contributed by atoms with Crippen LogP contribution in [0.5, 0.6) is 0 Å². The molecule has 1 aromatic carbocycles. The Labute approximate surface area is 72.4 Å². The van der Waals surface area contributed by atoms with Crippen molar-refractivity contribution in [3.05, 3.63) is 58.3 Å². The van der Waals surface area contributed by atoms with E-state index in [9.17, 15) is 4.79 Å². The first-order valence-corrected chi connectivity index (χ1v) is 4.03. The number of hydrogen-bond acceptors (Lipinski definition) is 1. The molecule has 1 rings (SSSR count). The van der Waals surface area contributed by atoms with Gasteiger partial charge in [0.25, 0.3) is 0 Å². The molecule has 0 amide bonds. The van der Waals surface area contributed by atoms with E-state index in [0.717, 1.165) is 12.0 Å². The Morgan fingerprint density at radius 1 is 1.25 bits per heavy atom. The Morgan fingerprint density at radius 3 is 2.83 bits per heavy atom. The molecule has 0 fully saturated rings. The maximum atomic E-state index is 10.9. The summed E-state index contributed by atoms with van der Waals surface area (Å²) in [6.07, 6.45) is 4.97. The minimum Gasteiger partial charge on any atom is -0.290 e. The van der Waals surface area contributed by atoms with Gasteiger partial charge in [-0.2, -0.15) is 0 Å². The lowest BCUT2D eigenvalue weighted by Crippen LogP contribution is -1.87. The van der Waals surface area contributed by atoms with Crippen molar-refractivity contribution in [2.45, 2.75) is 13.3 Å². The van der Waals surface area contributed by atoms with E-state index in [1.54, 1.807) is 18.2 Å². The summed E-state index contributed by atoms with van der Waals surface area (Å²) in [7, 11) is 0. The maximum Gasteiger partial charge on any atom is 0.178 e. The van der Waals surface area contributed by atoms with Gasteiger partial charge in [0.2, 0.25) is 0 Å². The van der Waals surface area contributed by atoms with Crippen LogP contribution < -0.4 is 5.43 Å². The Balaban J connectivity index is 2.90. The molecule has 0 atom stereocenters. The molecule has 0 aromatic heterocycles. The van der Waals surface area contributed by atoms with E-state index in [-0.39, 0.29) is 5.43 Å². The molecule has 12 heavy (non-hydrogen) atoms. The third kappa shape index (κ3) is 2.70. The van der Waals surface area contributed by atoms with Gasteiger partial charge in [0.1, 0.15) is 0 Å². The molecule has 1 nitrogen and oxygen atoms in total. The molecule has 0 aliphatic heterocycles. The predicted molar refractivity (Wildman–Crippen MR) is 51.2 cm³/mol. The highest BCUT2D eigenvalue weighted by atomic mass is 16.1. The van der Waals surface area contributed by atoms with Crippen molar-refractivity contribution in [3.63, 3.8) is 0 Å². The van der Waals surface area contributed by atoms with Gasteiger partial charge < -0.3 is 0 Å². The normalized spacial score (nSPS) is 10.4. The summed E-state index contributed by atoms with van der Waals surface area (Å²) in [5.74, 6) is 0. The van der Waals surface area contributed by atoms with E-state index < -0.39 is 0 Å². The van der Waals surface area contributed by atoms with Crippen molar-refractivity contribution in [2.24, 2.45) is 0 Å². The molecule has 0 aliphatic carbocycles. The van der Waals surface area contributed by atoms with Crippen molar-refractivity contribution in [1.29, 1.82) is 0 Å². The van der Waals surface area contributed by atoms with E-state index in [4.69, 9.17) is 0 Å². The second-order valence-electron chi connectivity index (χ2n) is 2.61. The first-order chi connectivity index (χ1) is 5.83. The fraction of sp³-hybridized carbons (Fsp3) is 0.182. The second kappa shape index (κ2) is 4.50. The van der Waals surface area contributed by atoms with Gasteiger partial charge in [0.05, 0.1) is 0 Å². The van der Waals surface area contributed by atoms with Gasteiger partial charge >= 0.3 is 0 Å². The SMILES string of the molecule is C/C=C/Cc1cccc(=O)cc1. The molecule has 62 valence electrons. The van der Waals surface area contributed by atoms with Crippen molar-refractivity contribution in [1.82, 2.24) is 0 Å². The van der Waals surface area contributed by atoms with Crippen molar-refractivity contribution in [3.8, 4) is 0 Å². The lowest BCUT2D eigenvalue weighted by atomic mass is 10.2. The Hall–Kier alpha value is -1.37. The zero-order valence-corrected chi connectivity index (χ0v) is 7.16. The maximum absolute atomic E-state index is 10.9. The van der Waals surface area contributed by atoms with Crippen LogP contribution in [0.3, 0.4) is 0 Å². The summed E-state index contributed by atoms with van der Waals surface area (Å²) in [5, 5.41) is 0. The van der Waals surface area contributed by atoms with Crippen LogP contribution in [0, 0.1) is 0 Å². The molecule has 0 unspecified atom stereocenters. The van der Waals surface area contributed by atoms with Crippen LogP contribution in [0.4, 0.5) is 0 Å². The topological polar surface area (TPSA) is 17.1 Å². The van der Waals surface area contributed by atoms with Crippen LogP contribution in [-0.2, 0) is 6.42 Å². The fourth-order valence-corrected chi connectivity index (χ4v) is 0.957. The van der Waals surface area contributed by atoms with Gasteiger partial charge in [-0.25, -0.2) is 0 Å². The predicted octanol–water partition coefficient (Wildman–Crippen LogP) is 2.17. The molecule has 0 spiro atoms. The highest BCUT2D eigenvalue weighted by Crippen LogP contribution is 1.96. The molecule has 1 aromatic rings. The van der Waals surface area contributed by atoms with Crippen LogP contribution in [0.2, 0.25) is 0 Å². The lowest BCUT2D eigenvalue weighted by molar-refractivity contribution is 1.27. The summed E-state index contributed by atoms with van der Waals surface area (Å²) in [4.78, 5) is 10.9. The second-order valence-corrected chi connectivity index (χ2v) is 2.61. The monoisotopic (exact) mass is 160 g/mol. The van der Waals surface area contributed by atoms with Gasteiger partial charge in [0, 0.05) is 0 Å². The van der Waals surface area contributed by atoms with Crippen LogP contribution in [-0.4, -0.2) is 0 Å². The van der Waals surface area contributed by atoms with Gasteiger partial charge in [-0.15, -0.1) is 0 Å². The largest absolute Gasteiger partial charge is 0.290 e. The Bertz CT molecular complexity index is 326. The quantitative estimate of drug-likeness (QED) is 0.606. The summed E-state index contributed by atoms with van der Waals surface area (Å²) >= 11 is 0. The van der Waals surface area contributed by atoms with Crippen LogP contribution in [0.25, 0.3) is 0 Å². The first kappa shape index (κ1) is 8.72. The van der Waals surface area contributed by atoms with Crippen molar-refractivity contribution >= 4 is 0 Å². The van der Waals surface area contributed by atoms with Crippen molar-refractivity contribution < 1.29 is 0 Å². The van der Waals surface area contributed by atoms with Gasteiger partial charge in [-0.05, 0) is 31.0 Å². The number of rotatable bonds is 2. The molecule has 0 N–H and O–H groups in total. The highest BCUT2D eigenvalue weighted by molar-refractivity contribution is 5.16. The number of hydrogen-bond donors (Lipinski definition) is 0. The molecular weight excluding hydrogens is 148 g/mol. The minimum atomic E-state index is 0.0572. The lowest BCUT2D eigenvalue weighted by Gasteiger charge is -1.87. The average molecular weight is 160 g/mol. The van der Waals surface area contributed by atoms with E-state index in [2.05, 4.69) is 6.08 Å². The third-order valence-electron chi connectivity index (χ3n) is 1.62. The average Bonchev–Trinajstić information content (AvgIpc) is 2.27. The standard InChI is InChI=1S/C11H12O/c1-2-3-5-10-6-4-7-11(12)9-8-10/h2-4,6-9H,5H2,1H3/b3-2+. The van der Waals surface area contributed by atoms with Gasteiger partial charge in [-0.1, -0.05) is 30.4 Å². The number of allylic oxidation sites excluding steroid dienone is 2. The van der Waals surface area contributed by atoms with Crippen molar-refractivity contribution in [2.75, 3.05) is 0 Å². The van der Waals surface area contributed by atoms with Gasteiger partial charge in [0.15, 0.2) is 5.43 Å². The molecule has 1 heteroatoms. The van der Waals surface area contributed by atoms with Crippen LogP contribution in [0.15, 0.2) is 47.3 Å². The van der Waals surface area contributed by atoms with E-state index in [1.807, 2.05) is 25.1 Å². The smallest absolute Gasteiger partial charge is 0.178 e. The van der Waals surface area contributed by atoms with Gasteiger partial charge in [-0.3, -0.25) is 4.79 Å². The molecule has 0 bridgehead atoms. The first-order valence-electron chi connectivity index (χ1n) is 4.03. The summed E-state index contributed by atoms with van der Waals surface area (Å²) in [6, 6.07) is 8.78. The third-order valence-corrected chi connectivity index (χ3v) is 1.62. The molecule has 0 radical (unpaired) electrons. The zero-order valence-electron chi connectivity index (χ0n) is 7.16. The Morgan fingerprint density at radius 2 is 2.08 bits per heavy atom. The minimum absolute atomic E-state index is 0.0572. The Kier molecular flexibility index (Phi) is 3.27. The van der Waals surface area contributed by atoms with E-state index in [0.29, 0.717) is 0 Å². The fourth-order valence-electron chi connectivity index (χ4n) is 0.957. The molecule has 0 aliphatic rings. The zero-order chi connectivity index (χ0) is 8.81. The van der Waals surface area contributed by atoms with Crippen LogP contribution >= 0.6 is 0 Å². The molecule has 0 heterocycles. The molecule has 0 saturated heterocycles. The summed E-state index contributed by atoms with van der Waals surface area (Å²) in [5.41, 5.74) is 1.22. The van der Waals surface area contributed by atoms with Crippen LogP contribution in [0.1, 0.15) is 12.5 Å². The summed E-state index contributed by atoms with van der Waals surface area (Å²) < 4.78 is 0. The molecular formula is C11H12O. The summed E-state index contributed by atoms with van der Waals surface area (Å²) in [6.45, 7) is 1.99. The highest BCUT2D eigenvalue weighted by Gasteiger charge is 1.85. The van der Waals surface area contributed by atoms with E-state index >= 15 is 0 Å².